The SMILES string of the molecule is CC1(C)C(C(=O)Nc2ccc(F)c(Br)c2)C1(C)C. The van der Waals surface area contributed by atoms with Crippen LogP contribution in [0.15, 0.2) is 22.7 Å². The summed E-state index contributed by atoms with van der Waals surface area (Å²) in [5.74, 6) is -0.336. The molecule has 98 valence electrons. The van der Waals surface area contributed by atoms with Crippen LogP contribution in [0.5, 0.6) is 0 Å². The van der Waals surface area contributed by atoms with Crippen LogP contribution < -0.4 is 5.32 Å². The highest BCUT2D eigenvalue weighted by Crippen LogP contribution is 2.68. The molecule has 0 aliphatic heterocycles. The number of rotatable bonds is 2. The van der Waals surface area contributed by atoms with Crippen molar-refractivity contribution in [1.29, 1.82) is 0 Å². The molecule has 4 heteroatoms. The second-order valence-corrected chi connectivity index (χ2v) is 6.85. The zero-order valence-corrected chi connectivity index (χ0v) is 12.6. The lowest BCUT2D eigenvalue weighted by Crippen LogP contribution is -2.17. The van der Waals surface area contributed by atoms with Crippen molar-refractivity contribution in [3.8, 4) is 0 Å². The summed E-state index contributed by atoms with van der Waals surface area (Å²) in [5, 5.41) is 2.85. The number of halogens is 2. The van der Waals surface area contributed by atoms with Gasteiger partial charge >= 0.3 is 0 Å². The highest BCUT2D eigenvalue weighted by molar-refractivity contribution is 9.10. The van der Waals surface area contributed by atoms with Gasteiger partial charge in [0, 0.05) is 11.6 Å². The summed E-state index contributed by atoms with van der Waals surface area (Å²) in [4.78, 5) is 12.2. The highest BCUT2D eigenvalue weighted by Gasteiger charge is 2.68. The molecule has 1 saturated carbocycles. The molecule has 1 aromatic rings. The number of benzene rings is 1. The number of carbonyl (C=O) groups is 1. The van der Waals surface area contributed by atoms with Gasteiger partial charge in [-0.2, -0.15) is 0 Å². The average Bonchev–Trinajstić information content (AvgIpc) is 2.63. The van der Waals surface area contributed by atoms with Gasteiger partial charge in [0.2, 0.25) is 5.91 Å². The van der Waals surface area contributed by atoms with E-state index >= 15 is 0 Å². The van der Waals surface area contributed by atoms with Crippen molar-refractivity contribution >= 4 is 27.5 Å². The Kier molecular flexibility index (Phi) is 3.05. The molecule has 0 atom stereocenters. The van der Waals surface area contributed by atoms with Crippen LogP contribution in [0.25, 0.3) is 0 Å². The minimum absolute atomic E-state index is 0.00325. The van der Waals surface area contributed by atoms with Gasteiger partial charge in [-0.3, -0.25) is 4.79 Å². The number of nitrogens with one attached hydrogen (secondary N) is 1. The molecule has 2 rings (SSSR count). The normalized spacial score (nSPS) is 20.6. The minimum atomic E-state index is -0.333. The van der Waals surface area contributed by atoms with Crippen molar-refractivity contribution in [1.82, 2.24) is 0 Å². The highest BCUT2D eigenvalue weighted by atomic mass is 79.9. The van der Waals surface area contributed by atoms with E-state index in [9.17, 15) is 9.18 Å². The van der Waals surface area contributed by atoms with Crippen LogP contribution in [0.2, 0.25) is 0 Å². The first kappa shape index (κ1) is 13.5. The Hall–Kier alpha value is -0.900. The number of amides is 1. The van der Waals surface area contributed by atoms with Gasteiger partial charge in [-0.15, -0.1) is 0 Å². The van der Waals surface area contributed by atoms with Crippen LogP contribution in [-0.4, -0.2) is 5.91 Å². The van der Waals surface area contributed by atoms with Crippen molar-refractivity contribution in [2.45, 2.75) is 27.7 Å². The zero-order valence-electron chi connectivity index (χ0n) is 11.0. The lowest BCUT2D eigenvalue weighted by molar-refractivity contribution is -0.118. The van der Waals surface area contributed by atoms with Crippen LogP contribution in [0, 0.1) is 22.6 Å². The van der Waals surface area contributed by atoms with Crippen LogP contribution >= 0.6 is 15.9 Å². The molecule has 0 radical (unpaired) electrons. The van der Waals surface area contributed by atoms with E-state index in [2.05, 4.69) is 48.9 Å². The van der Waals surface area contributed by atoms with Gasteiger partial charge in [0.05, 0.1) is 4.47 Å². The van der Waals surface area contributed by atoms with Gasteiger partial charge in [0.25, 0.3) is 0 Å². The molecule has 1 fully saturated rings. The molecule has 0 aromatic heterocycles. The standard InChI is InChI=1S/C14H17BrFNO/c1-13(2)11(14(13,3)4)12(18)17-8-5-6-10(16)9(15)7-8/h5-7,11H,1-4H3,(H,17,18). The molecule has 0 saturated heterocycles. The third kappa shape index (κ3) is 1.96. The molecule has 0 heterocycles. The molecule has 2 nitrogen and oxygen atoms in total. The second kappa shape index (κ2) is 4.05. The molecule has 0 bridgehead atoms. The maximum Gasteiger partial charge on any atom is 0.228 e. The van der Waals surface area contributed by atoms with Crippen LogP contribution in [-0.2, 0) is 4.79 Å². The van der Waals surface area contributed by atoms with Crippen molar-refractivity contribution < 1.29 is 9.18 Å². The maximum absolute atomic E-state index is 13.1. The molecular formula is C14H17BrFNO. The van der Waals surface area contributed by atoms with Crippen molar-refractivity contribution in [3.05, 3.63) is 28.5 Å². The Morgan fingerprint density at radius 3 is 2.28 bits per heavy atom. The van der Waals surface area contributed by atoms with E-state index < -0.39 is 0 Å². The molecular weight excluding hydrogens is 297 g/mol. The van der Waals surface area contributed by atoms with Crippen LogP contribution in [0.1, 0.15) is 27.7 Å². The summed E-state index contributed by atoms with van der Waals surface area (Å²) in [7, 11) is 0. The Bertz CT molecular complexity index is 497. The third-order valence-corrected chi connectivity index (χ3v) is 5.08. The van der Waals surface area contributed by atoms with Gasteiger partial charge in [-0.1, -0.05) is 27.7 Å². The predicted octanol–water partition coefficient (Wildman–Crippen LogP) is 4.21. The van der Waals surface area contributed by atoms with E-state index in [1.54, 1.807) is 12.1 Å². The molecule has 1 aliphatic rings. The number of carbonyl (C=O) groups excluding carboxylic acids is 1. The van der Waals surface area contributed by atoms with Crippen LogP contribution in [0.3, 0.4) is 0 Å². The van der Waals surface area contributed by atoms with Gasteiger partial charge in [-0.25, -0.2) is 4.39 Å². The molecule has 0 spiro atoms. The quantitative estimate of drug-likeness (QED) is 0.870. The van der Waals surface area contributed by atoms with Gasteiger partial charge in [0.1, 0.15) is 5.82 Å². The number of hydrogen-bond acceptors (Lipinski definition) is 1. The first-order chi connectivity index (χ1) is 8.18. The van der Waals surface area contributed by atoms with Crippen molar-refractivity contribution in [2.75, 3.05) is 5.32 Å². The summed E-state index contributed by atoms with van der Waals surface area (Å²) in [6.45, 7) is 8.38. The van der Waals surface area contributed by atoms with E-state index in [0.717, 1.165) is 0 Å². The summed E-state index contributed by atoms with van der Waals surface area (Å²) in [5.41, 5.74) is 0.634. The van der Waals surface area contributed by atoms with E-state index in [4.69, 9.17) is 0 Å². The second-order valence-electron chi connectivity index (χ2n) is 5.99. The summed E-state index contributed by atoms with van der Waals surface area (Å²) < 4.78 is 13.4. The molecule has 1 N–H and O–H groups in total. The molecule has 1 amide bonds. The fraction of sp³-hybridized carbons (Fsp3) is 0.500. The summed E-state index contributed by atoms with van der Waals surface area (Å²) >= 11 is 3.11. The Morgan fingerprint density at radius 1 is 1.28 bits per heavy atom. The van der Waals surface area contributed by atoms with E-state index in [1.807, 2.05) is 0 Å². The molecule has 1 aromatic carbocycles. The average molecular weight is 314 g/mol. The minimum Gasteiger partial charge on any atom is -0.326 e. The van der Waals surface area contributed by atoms with Gasteiger partial charge < -0.3 is 5.32 Å². The largest absolute Gasteiger partial charge is 0.326 e. The van der Waals surface area contributed by atoms with Gasteiger partial charge in [-0.05, 0) is 45.0 Å². The molecule has 1 aliphatic carbocycles. The number of hydrogen-bond donors (Lipinski definition) is 1. The fourth-order valence-electron chi connectivity index (χ4n) is 2.64. The monoisotopic (exact) mass is 313 g/mol. The first-order valence-corrected chi connectivity index (χ1v) is 6.73. The summed E-state index contributed by atoms with van der Waals surface area (Å²) in [6, 6.07) is 4.48. The Balaban J connectivity index is 2.12. The lowest BCUT2D eigenvalue weighted by atomic mass is 10.0. The Morgan fingerprint density at radius 2 is 1.83 bits per heavy atom. The van der Waals surface area contributed by atoms with E-state index in [0.29, 0.717) is 10.2 Å². The van der Waals surface area contributed by atoms with Gasteiger partial charge in [0.15, 0.2) is 0 Å². The number of anilines is 1. The summed E-state index contributed by atoms with van der Waals surface area (Å²) in [6.07, 6.45) is 0. The smallest absolute Gasteiger partial charge is 0.228 e. The molecule has 0 unspecified atom stereocenters. The van der Waals surface area contributed by atoms with E-state index in [-0.39, 0.29) is 28.5 Å². The predicted molar refractivity (Wildman–Crippen MR) is 73.8 cm³/mol. The third-order valence-electron chi connectivity index (χ3n) is 4.47. The maximum atomic E-state index is 13.1. The zero-order chi connectivity index (χ0) is 13.7. The topological polar surface area (TPSA) is 29.1 Å². The van der Waals surface area contributed by atoms with Crippen LogP contribution in [0.4, 0.5) is 10.1 Å². The van der Waals surface area contributed by atoms with Crippen molar-refractivity contribution in [2.24, 2.45) is 16.7 Å². The lowest BCUT2D eigenvalue weighted by Gasteiger charge is -2.07. The first-order valence-electron chi connectivity index (χ1n) is 5.94. The van der Waals surface area contributed by atoms with Crippen molar-refractivity contribution in [3.63, 3.8) is 0 Å². The molecule has 18 heavy (non-hydrogen) atoms. The fourth-order valence-corrected chi connectivity index (χ4v) is 3.02. The Labute approximate surface area is 115 Å². The van der Waals surface area contributed by atoms with E-state index in [1.165, 1.54) is 6.07 Å².